The van der Waals surface area contributed by atoms with Gasteiger partial charge in [-0.25, -0.2) is 4.98 Å². The number of aromatic nitrogens is 5. The van der Waals surface area contributed by atoms with Gasteiger partial charge in [0.05, 0.1) is 0 Å². The van der Waals surface area contributed by atoms with Gasteiger partial charge in [0.25, 0.3) is 0 Å². The van der Waals surface area contributed by atoms with Crippen LogP contribution in [0.3, 0.4) is 0 Å². The number of nitrogens with zero attached hydrogens (tertiary/aromatic N) is 4. The summed E-state index contributed by atoms with van der Waals surface area (Å²) < 4.78 is 1.92. The summed E-state index contributed by atoms with van der Waals surface area (Å²) in [5.74, 6) is 1.58. The largest absolute Gasteiger partial charge is 0.368 e. The zero-order chi connectivity index (χ0) is 16.4. The van der Waals surface area contributed by atoms with Gasteiger partial charge in [-0.1, -0.05) is 18.2 Å². The predicted molar refractivity (Wildman–Crippen MR) is 94.7 cm³/mol. The zero-order valence-corrected chi connectivity index (χ0v) is 13.4. The van der Waals surface area contributed by atoms with Gasteiger partial charge in [0.1, 0.15) is 11.5 Å². The molecule has 6 nitrogen and oxygen atoms in total. The average Bonchev–Trinajstić information content (AvgIpc) is 3.22. The molecule has 0 atom stereocenters. The SMILES string of the molecule is Cn1ccnc1-c1ccc(NCCc2c[nH]c3ccccc23)nn1. The van der Waals surface area contributed by atoms with E-state index >= 15 is 0 Å². The first-order valence-corrected chi connectivity index (χ1v) is 7.91. The maximum absolute atomic E-state index is 4.28. The van der Waals surface area contributed by atoms with Gasteiger partial charge < -0.3 is 14.9 Å². The van der Waals surface area contributed by atoms with E-state index in [0.29, 0.717) is 0 Å². The second-order valence-corrected chi connectivity index (χ2v) is 5.70. The quantitative estimate of drug-likeness (QED) is 0.593. The van der Waals surface area contributed by atoms with E-state index < -0.39 is 0 Å². The zero-order valence-electron chi connectivity index (χ0n) is 13.4. The van der Waals surface area contributed by atoms with Crippen molar-refractivity contribution >= 4 is 16.7 Å². The number of imidazole rings is 1. The number of benzene rings is 1. The number of hydrogen-bond donors (Lipinski definition) is 2. The number of aryl methyl sites for hydroxylation is 1. The molecule has 0 unspecified atom stereocenters. The summed E-state index contributed by atoms with van der Waals surface area (Å²) in [5, 5.41) is 13.1. The summed E-state index contributed by atoms with van der Waals surface area (Å²) in [4.78, 5) is 7.58. The van der Waals surface area contributed by atoms with E-state index in [9.17, 15) is 0 Å². The monoisotopic (exact) mass is 318 g/mol. The summed E-state index contributed by atoms with van der Waals surface area (Å²) in [7, 11) is 1.94. The Balaban J connectivity index is 1.40. The van der Waals surface area contributed by atoms with E-state index in [1.165, 1.54) is 16.5 Å². The second-order valence-electron chi connectivity index (χ2n) is 5.70. The van der Waals surface area contributed by atoms with Crippen molar-refractivity contribution < 1.29 is 0 Å². The van der Waals surface area contributed by atoms with Crippen LogP contribution in [0.2, 0.25) is 0 Å². The molecule has 0 fully saturated rings. The molecule has 120 valence electrons. The molecule has 0 spiro atoms. The van der Waals surface area contributed by atoms with E-state index in [2.05, 4.69) is 49.9 Å². The first-order chi connectivity index (χ1) is 11.8. The lowest BCUT2D eigenvalue weighted by Crippen LogP contribution is -2.07. The Kier molecular flexibility index (Phi) is 3.70. The lowest BCUT2D eigenvalue weighted by Gasteiger charge is -2.05. The number of aromatic amines is 1. The highest BCUT2D eigenvalue weighted by atomic mass is 15.2. The Morgan fingerprint density at radius 1 is 1.12 bits per heavy atom. The molecule has 0 aliphatic heterocycles. The van der Waals surface area contributed by atoms with Crippen LogP contribution in [-0.4, -0.2) is 31.3 Å². The maximum Gasteiger partial charge on any atom is 0.160 e. The third-order valence-corrected chi connectivity index (χ3v) is 4.09. The molecule has 0 saturated heterocycles. The Bertz CT molecular complexity index is 951. The minimum Gasteiger partial charge on any atom is -0.368 e. The van der Waals surface area contributed by atoms with Gasteiger partial charge in [-0.05, 0) is 30.2 Å². The minimum absolute atomic E-state index is 0.768. The lowest BCUT2D eigenvalue weighted by atomic mass is 10.1. The predicted octanol–water partition coefficient (Wildman–Crippen LogP) is 3.01. The topological polar surface area (TPSA) is 71.4 Å². The fourth-order valence-electron chi connectivity index (χ4n) is 2.82. The van der Waals surface area contributed by atoms with Crippen LogP contribution in [-0.2, 0) is 13.5 Å². The first kappa shape index (κ1) is 14.4. The smallest absolute Gasteiger partial charge is 0.160 e. The number of rotatable bonds is 5. The van der Waals surface area contributed by atoms with Crippen molar-refractivity contribution in [3.63, 3.8) is 0 Å². The molecule has 3 aromatic heterocycles. The summed E-state index contributed by atoms with van der Waals surface area (Å²) >= 11 is 0. The molecule has 0 aliphatic rings. The number of fused-ring (bicyclic) bond motifs is 1. The molecule has 0 saturated carbocycles. The van der Waals surface area contributed by atoms with E-state index in [0.717, 1.165) is 30.3 Å². The molecule has 3 heterocycles. The van der Waals surface area contributed by atoms with E-state index in [4.69, 9.17) is 0 Å². The molecule has 4 rings (SSSR count). The van der Waals surface area contributed by atoms with Crippen molar-refractivity contribution in [1.82, 2.24) is 24.7 Å². The highest BCUT2D eigenvalue weighted by Crippen LogP contribution is 2.18. The van der Waals surface area contributed by atoms with Crippen molar-refractivity contribution in [2.24, 2.45) is 7.05 Å². The van der Waals surface area contributed by atoms with Gasteiger partial charge in [0.2, 0.25) is 0 Å². The number of anilines is 1. The van der Waals surface area contributed by atoms with Crippen molar-refractivity contribution in [2.45, 2.75) is 6.42 Å². The van der Waals surface area contributed by atoms with E-state index in [-0.39, 0.29) is 0 Å². The number of hydrogen-bond acceptors (Lipinski definition) is 4. The van der Waals surface area contributed by atoms with Crippen molar-refractivity contribution in [1.29, 1.82) is 0 Å². The number of nitrogens with one attached hydrogen (secondary N) is 2. The molecular weight excluding hydrogens is 300 g/mol. The summed E-state index contributed by atoms with van der Waals surface area (Å²) in [6.45, 7) is 0.804. The molecule has 0 radical (unpaired) electrons. The molecule has 2 N–H and O–H groups in total. The Hall–Kier alpha value is -3.15. The van der Waals surface area contributed by atoms with Crippen molar-refractivity contribution in [3.05, 3.63) is 60.6 Å². The Morgan fingerprint density at radius 3 is 2.83 bits per heavy atom. The first-order valence-electron chi connectivity index (χ1n) is 7.91. The van der Waals surface area contributed by atoms with Crippen LogP contribution in [0.5, 0.6) is 0 Å². The van der Waals surface area contributed by atoms with Gasteiger partial charge in [0, 0.05) is 43.1 Å². The second kappa shape index (κ2) is 6.16. The normalized spacial score (nSPS) is 11.0. The Morgan fingerprint density at radius 2 is 2.04 bits per heavy atom. The highest BCUT2D eigenvalue weighted by Gasteiger charge is 2.06. The molecule has 4 aromatic rings. The van der Waals surface area contributed by atoms with Crippen LogP contribution >= 0.6 is 0 Å². The standard InChI is InChI=1S/C18H18N6/c1-24-11-10-20-18(24)16-6-7-17(23-22-16)19-9-8-13-12-21-15-5-3-2-4-14(13)15/h2-7,10-12,21H,8-9H2,1H3,(H,19,23). The fraction of sp³-hybridized carbons (Fsp3) is 0.167. The molecule has 24 heavy (non-hydrogen) atoms. The minimum atomic E-state index is 0.768. The van der Waals surface area contributed by atoms with Crippen LogP contribution in [0, 0.1) is 0 Å². The summed E-state index contributed by atoms with van der Waals surface area (Å²) in [5.41, 5.74) is 3.24. The van der Waals surface area contributed by atoms with Crippen LogP contribution < -0.4 is 5.32 Å². The van der Waals surface area contributed by atoms with Gasteiger partial charge in [0.15, 0.2) is 5.82 Å². The highest BCUT2D eigenvalue weighted by molar-refractivity contribution is 5.83. The third kappa shape index (κ3) is 2.74. The number of H-pyrrole nitrogens is 1. The van der Waals surface area contributed by atoms with Crippen LogP contribution in [0.1, 0.15) is 5.56 Å². The van der Waals surface area contributed by atoms with Crippen molar-refractivity contribution in [3.8, 4) is 11.5 Å². The van der Waals surface area contributed by atoms with Crippen LogP contribution in [0.15, 0.2) is 55.0 Å². The van der Waals surface area contributed by atoms with Crippen LogP contribution in [0.4, 0.5) is 5.82 Å². The van der Waals surface area contributed by atoms with Crippen LogP contribution in [0.25, 0.3) is 22.4 Å². The Labute approximate surface area is 139 Å². The average molecular weight is 318 g/mol. The van der Waals surface area contributed by atoms with Gasteiger partial charge >= 0.3 is 0 Å². The molecule has 1 aromatic carbocycles. The maximum atomic E-state index is 4.28. The summed E-state index contributed by atoms with van der Waals surface area (Å²) in [6, 6.07) is 12.2. The lowest BCUT2D eigenvalue weighted by molar-refractivity contribution is 0.901. The van der Waals surface area contributed by atoms with Gasteiger partial charge in [-0.2, -0.15) is 0 Å². The molecule has 0 bridgehead atoms. The molecule has 6 heteroatoms. The van der Waals surface area contributed by atoms with E-state index in [1.54, 1.807) is 6.20 Å². The number of para-hydroxylation sites is 1. The van der Waals surface area contributed by atoms with Gasteiger partial charge in [-0.15, -0.1) is 10.2 Å². The molecule has 0 aliphatic carbocycles. The molecule has 0 amide bonds. The fourth-order valence-corrected chi connectivity index (χ4v) is 2.82. The van der Waals surface area contributed by atoms with Gasteiger partial charge in [-0.3, -0.25) is 0 Å². The van der Waals surface area contributed by atoms with Crippen molar-refractivity contribution in [2.75, 3.05) is 11.9 Å². The summed E-state index contributed by atoms with van der Waals surface area (Å²) in [6.07, 6.45) is 6.64. The van der Waals surface area contributed by atoms with E-state index in [1.807, 2.05) is 36.0 Å². The third-order valence-electron chi connectivity index (χ3n) is 4.09. The molecular formula is C18H18N6.